The molecule has 4 heteroatoms. The average molecular weight is 251 g/mol. The van der Waals surface area contributed by atoms with E-state index < -0.39 is 0 Å². The van der Waals surface area contributed by atoms with Gasteiger partial charge in [-0.3, -0.25) is 9.48 Å². The van der Waals surface area contributed by atoms with Crippen molar-refractivity contribution in [2.24, 2.45) is 7.05 Å². The third-order valence-corrected chi connectivity index (χ3v) is 3.29. The Kier molecular flexibility index (Phi) is 6.47. The van der Waals surface area contributed by atoms with Gasteiger partial charge in [-0.1, -0.05) is 45.4 Å². The van der Waals surface area contributed by atoms with E-state index >= 15 is 0 Å². The lowest BCUT2D eigenvalue weighted by Gasteiger charge is -2.01. The minimum Gasteiger partial charge on any atom is -0.383 e. The van der Waals surface area contributed by atoms with Crippen LogP contribution in [-0.2, 0) is 7.05 Å². The molecular formula is C14H25N3O. The van der Waals surface area contributed by atoms with Crippen molar-refractivity contribution in [2.75, 3.05) is 5.73 Å². The van der Waals surface area contributed by atoms with Crippen molar-refractivity contribution in [2.45, 2.75) is 58.3 Å². The molecule has 0 radical (unpaired) electrons. The Bertz CT molecular complexity index is 371. The number of hydrogen-bond donors (Lipinski definition) is 1. The molecule has 0 spiro atoms. The highest BCUT2D eigenvalue weighted by Gasteiger charge is 2.12. The minimum atomic E-state index is 0.120. The third-order valence-electron chi connectivity index (χ3n) is 3.29. The van der Waals surface area contributed by atoms with Gasteiger partial charge >= 0.3 is 0 Å². The van der Waals surface area contributed by atoms with E-state index in [1.807, 2.05) is 0 Å². The van der Waals surface area contributed by atoms with Gasteiger partial charge in [0.25, 0.3) is 0 Å². The molecule has 18 heavy (non-hydrogen) atoms. The van der Waals surface area contributed by atoms with E-state index in [4.69, 9.17) is 5.73 Å². The summed E-state index contributed by atoms with van der Waals surface area (Å²) in [5, 5.41) is 3.99. The van der Waals surface area contributed by atoms with Crippen molar-refractivity contribution in [3.05, 3.63) is 11.8 Å². The fraction of sp³-hybridized carbons (Fsp3) is 0.714. The molecule has 0 atom stereocenters. The molecule has 0 saturated heterocycles. The van der Waals surface area contributed by atoms with E-state index in [-0.39, 0.29) is 5.78 Å². The Morgan fingerprint density at radius 2 is 1.83 bits per heavy atom. The number of unbranched alkanes of at least 4 members (excludes halogenated alkanes) is 6. The van der Waals surface area contributed by atoms with Crippen LogP contribution in [0, 0.1) is 0 Å². The van der Waals surface area contributed by atoms with Gasteiger partial charge in [0, 0.05) is 13.5 Å². The smallest absolute Gasteiger partial charge is 0.168 e. The third kappa shape index (κ3) is 4.51. The Morgan fingerprint density at radius 3 is 2.39 bits per heavy atom. The lowest BCUT2D eigenvalue weighted by atomic mass is 10.0. The number of ketones is 1. The Labute approximate surface area is 110 Å². The van der Waals surface area contributed by atoms with E-state index in [0.717, 1.165) is 12.8 Å². The van der Waals surface area contributed by atoms with E-state index in [0.29, 0.717) is 17.8 Å². The first-order valence-electron chi connectivity index (χ1n) is 6.97. The van der Waals surface area contributed by atoms with Crippen LogP contribution in [0.1, 0.15) is 68.6 Å². The second-order valence-corrected chi connectivity index (χ2v) is 4.86. The monoisotopic (exact) mass is 251 g/mol. The van der Waals surface area contributed by atoms with E-state index in [2.05, 4.69) is 12.0 Å². The number of nitrogen functional groups attached to an aromatic ring is 1. The molecule has 2 N–H and O–H groups in total. The van der Waals surface area contributed by atoms with Crippen LogP contribution in [0.2, 0.25) is 0 Å². The van der Waals surface area contributed by atoms with E-state index in [1.165, 1.54) is 36.8 Å². The zero-order valence-electron chi connectivity index (χ0n) is 11.6. The van der Waals surface area contributed by atoms with Crippen LogP contribution in [0.5, 0.6) is 0 Å². The second kappa shape index (κ2) is 7.90. The highest BCUT2D eigenvalue weighted by molar-refractivity contribution is 5.99. The standard InChI is InChI=1S/C14H25N3O/c1-3-4-5-6-7-8-9-10-13(18)12-11-16-17(2)14(12)15/h11H,3-10,15H2,1-2H3. The summed E-state index contributed by atoms with van der Waals surface area (Å²) in [5.74, 6) is 0.595. The molecule has 1 rings (SSSR count). The van der Waals surface area contributed by atoms with Crippen molar-refractivity contribution < 1.29 is 4.79 Å². The first-order valence-corrected chi connectivity index (χ1v) is 6.97. The quantitative estimate of drug-likeness (QED) is 0.541. The Balaban J connectivity index is 2.16. The summed E-state index contributed by atoms with van der Waals surface area (Å²) in [6, 6.07) is 0. The molecular weight excluding hydrogens is 226 g/mol. The lowest BCUT2D eigenvalue weighted by molar-refractivity contribution is 0.0980. The highest BCUT2D eigenvalue weighted by Crippen LogP contribution is 2.15. The first kappa shape index (κ1) is 14.7. The molecule has 0 aliphatic rings. The summed E-state index contributed by atoms with van der Waals surface area (Å²) in [7, 11) is 1.75. The Hall–Kier alpha value is -1.32. The number of aryl methyl sites for hydroxylation is 1. The van der Waals surface area contributed by atoms with Gasteiger partial charge in [-0.15, -0.1) is 0 Å². The van der Waals surface area contributed by atoms with Gasteiger partial charge in [0.2, 0.25) is 0 Å². The predicted molar refractivity (Wildman–Crippen MR) is 74.6 cm³/mol. The number of rotatable bonds is 9. The van der Waals surface area contributed by atoms with Crippen LogP contribution in [0.4, 0.5) is 5.82 Å². The number of carbonyl (C=O) groups excluding carboxylic acids is 1. The van der Waals surface area contributed by atoms with Gasteiger partial charge in [0.1, 0.15) is 5.82 Å². The van der Waals surface area contributed by atoms with Crippen molar-refractivity contribution in [3.8, 4) is 0 Å². The normalized spacial score (nSPS) is 10.8. The molecule has 0 aliphatic heterocycles. The van der Waals surface area contributed by atoms with Crippen LogP contribution in [0.25, 0.3) is 0 Å². The van der Waals surface area contributed by atoms with Crippen LogP contribution in [0.15, 0.2) is 6.20 Å². The van der Waals surface area contributed by atoms with Gasteiger partial charge < -0.3 is 5.73 Å². The maximum absolute atomic E-state index is 11.9. The van der Waals surface area contributed by atoms with Crippen LogP contribution < -0.4 is 5.73 Å². The zero-order valence-corrected chi connectivity index (χ0v) is 11.6. The lowest BCUT2D eigenvalue weighted by Crippen LogP contribution is -2.04. The summed E-state index contributed by atoms with van der Waals surface area (Å²) in [4.78, 5) is 11.9. The minimum absolute atomic E-state index is 0.120. The second-order valence-electron chi connectivity index (χ2n) is 4.86. The highest BCUT2D eigenvalue weighted by atomic mass is 16.1. The summed E-state index contributed by atoms with van der Waals surface area (Å²) in [6.45, 7) is 2.22. The van der Waals surface area contributed by atoms with Crippen molar-refractivity contribution in [3.63, 3.8) is 0 Å². The zero-order chi connectivity index (χ0) is 13.4. The number of nitrogens with two attached hydrogens (primary N) is 1. The summed E-state index contributed by atoms with van der Waals surface area (Å²) < 4.78 is 1.54. The molecule has 0 amide bonds. The molecule has 0 unspecified atom stereocenters. The summed E-state index contributed by atoms with van der Waals surface area (Å²) >= 11 is 0. The van der Waals surface area contributed by atoms with Gasteiger partial charge in [-0.25, -0.2) is 0 Å². The molecule has 0 aromatic carbocycles. The number of aromatic nitrogens is 2. The fourth-order valence-electron chi connectivity index (χ4n) is 2.04. The van der Waals surface area contributed by atoms with Crippen LogP contribution in [0.3, 0.4) is 0 Å². The van der Waals surface area contributed by atoms with Gasteiger partial charge in [-0.2, -0.15) is 5.10 Å². The Morgan fingerprint density at radius 1 is 1.22 bits per heavy atom. The molecule has 4 nitrogen and oxygen atoms in total. The van der Waals surface area contributed by atoms with Crippen molar-refractivity contribution in [1.29, 1.82) is 0 Å². The van der Waals surface area contributed by atoms with Gasteiger partial charge in [0.15, 0.2) is 5.78 Å². The molecule has 102 valence electrons. The first-order chi connectivity index (χ1) is 8.66. The average Bonchev–Trinajstić information content (AvgIpc) is 2.69. The molecule has 0 aliphatic carbocycles. The SMILES string of the molecule is CCCCCCCCCC(=O)c1cnn(C)c1N. The van der Waals surface area contributed by atoms with Crippen molar-refractivity contribution >= 4 is 11.6 Å². The molecule has 0 fully saturated rings. The van der Waals surface area contributed by atoms with Gasteiger partial charge in [0.05, 0.1) is 11.8 Å². The van der Waals surface area contributed by atoms with Crippen LogP contribution >= 0.6 is 0 Å². The number of carbonyl (C=O) groups is 1. The van der Waals surface area contributed by atoms with Gasteiger partial charge in [-0.05, 0) is 6.42 Å². The molecule has 1 aromatic heterocycles. The number of Topliss-reactive ketones (excluding diaryl/α,β-unsaturated/α-hetero) is 1. The van der Waals surface area contributed by atoms with Crippen LogP contribution in [-0.4, -0.2) is 15.6 Å². The largest absolute Gasteiger partial charge is 0.383 e. The maximum Gasteiger partial charge on any atom is 0.168 e. The summed E-state index contributed by atoms with van der Waals surface area (Å²) in [6.07, 6.45) is 10.7. The number of nitrogens with zero attached hydrogens (tertiary/aromatic N) is 2. The number of hydrogen-bond acceptors (Lipinski definition) is 3. The van der Waals surface area contributed by atoms with E-state index in [1.54, 1.807) is 13.2 Å². The fourth-order valence-corrected chi connectivity index (χ4v) is 2.04. The molecule has 1 heterocycles. The molecule has 0 bridgehead atoms. The predicted octanol–water partition coefficient (Wildman–Crippen LogP) is 3.33. The molecule has 1 aromatic rings. The van der Waals surface area contributed by atoms with Crippen molar-refractivity contribution in [1.82, 2.24) is 9.78 Å². The molecule has 0 saturated carbocycles. The topological polar surface area (TPSA) is 60.9 Å². The van der Waals surface area contributed by atoms with E-state index in [9.17, 15) is 4.79 Å². The number of anilines is 1. The maximum atomic E-state index is 11.9. The summed E-state index contributed by atoms with van der Waals surface area (Å²) in [5.41, 5.74) is 6.34.